The van der Waals surface area contributed by atoms with Crippen molar-refractivity contribution in [3.63, 3.8) is 0 Å². The number of nitrogens with one attached hydrogen (secondary N) is 4. The van der Waals surface area contributed by atoms with Crippen LogP contribution in [0, 0.1) is 6.92 Å². The summed E-state index contributed by atoms with van der Waals surface area (Å²) in [5.41, 5.74) is 2.30. The van der Waals surface area contributed by atoms with Gasteiger partial charge in [-0.25, -0.2) is 18.1 Å². The van der Waals surface area contributed by atoms with Crippen LogP contribution in [0.2, 0.25) is 0 Å². The molecule has 2 aromatic heterocycles. The van der Waals surface area contributed by atoms with E-state index in [0.29, 0.717) is 11.5 Å². The van der Waals surface area contributed by atoms with Gasteiger partial charge in [0.1, 0.15) is 16.4 Å². The monoisotopic (exact) mass is 403 g/mol. The van der Waals surface area contributed by atoms with E-state index in [1.165, 1.54) is 19.4 Å². The van der Waals surface area contributed by atoms with Crippen LogP contribution in [0.3, 0.4) is 0 Å². The van der Waals surface area contributed by atoms with Gasteiger partial charge in [-0.3, -0.25) is 4.79 Å². The van der Waals surface area contributed by atoms with Crippen molar-refractivity contribution in [2.75, 3.05) is 25.6 Å². The number of hydrogen-bond acceptors (Lipinski definition) is 5. The minimum Gasteiger partial charge on any atom is -0.383 e. The molecule has 0 aliphatic heterocycles. The maximum atomic E-state index is 12.6. The quantitative estimate of drug-likeness (QED) is 0.427. The van der Waals surface area contributed by atoms with E-state index in [1.54, 1.807) is 18.3 Å². The van der Waals surface area contributed by atoms with E-state index in [1.807, 2.05) is 19.1 Å². The number of H-pyrrole nitrogens is 2. The van der Waals surface area contributed by atoms with Crippen molar-refractivity contribution >= 4 is 21.6 Å². The summed E-state index contributed by atoms with van der Waals surface area (Å²) in [6.07, 6.45) is 2.97. The molecule has 0 fully saturated rings. The first-order valence-corrected chi connectivity index (χ1v) is 9.98. The number of amides is 1. The molecule has 0 saturated heterocycles. The van der Waals surface area contributed by atoms with Gasteiger partial charge in [-0.1, -0.05) is 12.1 Å². The summed E-state index contributed by atoms with van der Waals surface area (Å²) in [5, 5.41) is 2.79. The molecule has 0 saturated carbocycles. The van der Waals surface area contributed by atoms with Crippen LogP contribution in [0.4, 0.5) is 5.69 Å². The molecule has 0 aliphatic rings. The molecule has 9 nitrogen and oxygen atoms in total. The molecule has 1 aromatic carbocycles. The number of methoxy groups -OCH3 is 1. The number of benzene rings is 1. The average Bonchev–Trinajstić information content (AvgIpc) is 3.32. The Bertz CT molecular complexity index is 1070. The number of anilines is 1. The number of aryl methyl sites for hydroxylation is 1. The third-order valence-corrected chi connectivity index (χ3v) is 5.38. The van der Waals surface area contributed by atoms with Gasteiger partial charge in [0.05, 0.1) is 12.3 Å². The minimum absolute atomic E-state index is 0.0244. The lowest BCUT2D eigenvalue weighted by Crippen LogP contribution is -2.26. The van der Waals surface area contributed by atoms with Crippen molar-refractivity contribution in [1.29, 1.82) is 0 Å². The van der Waals surface area contributed by atoms with E-state index in [9.17, 15) is 13.2 Å². The third-order valence-electron chi connectivity index (χ3n) is 3.94. The van der Waals surface area contributed by atoms with E-state index in [2.05, 4.69) is 25.0 Å². The van der Waals surface area contributed by atoms with Crippen LogP contribution in [-0.2, 0) is 14.8 Å². The molecule has 3 aromatic rings. The van der Waals surface area contributed by atoms with E-state index in [-0.39, 0.29) is 23.7 Å². The summed E-state index contributed by atoms with van der Waals surface area (Å²) >= 11 is 0. The summed E-state index contributed by atoms with van der Waals surface area (Å²) in [6.45, 7) is 2.28. The zero-order chi connectivity index (χ0) is 20.1. The van der Waals surface area contributed by atoms with Crippen LogP contribution < -0.4 is 10.0 Å². The fourth-order valence-corrected chi connectivity index (χ4v) is 3.57. The first-order valence-electron chi connectivity index (χ1n) is 8.50. The van der Waals surface area contributed by atoms with Gasteiger partial charge in [-0.2, -0.15) is 0 Å². The summed E-state index contributed by atoms with van der Waals surface area (Å²) in [7, 11) is -2.24. The van der Waals surface area contributed by atoms with Gasteiger partial charge in [0.15, 0.2) is 0 Å². The van der Waals surface area contributed by atoms with Gasteiger partial charge in [0, 0.05) is 37.3 Å². The molecule has 10 heteroatoms. The minimum atomic E-state index is -3.72. The van der Waals surface area contributed by atoms with E-state index in [4.69, 9.17) is 4.74 Å². The van der Waals surface area contributed by atoms with Crippen molar-refractivity contribution in [3.8, 4) is 11.4 Å². The molecule has 0 aliphatic carbocycles. The van der Waals surface area contributed by atoms with Crippen LogP contribution in [0.5, 0.6) is 0 Å². The molecule has 0 radical (unpaired) electrons. The Hall–Kier alpha value is -2.95. The Labute approximate surface area is 162 Å². The zero-order valence-electron chi connectivity index (χ0n) is 15.4. The van der Waals surface area contributed by atoms with E-state index >= 15 is 0 Å². The highest BCUT2D eigenvalue weighted by Gasteiger charge is 2.19. The fraction of sp³-hybridized carbons (Fsp3) is 0.222. The normalized spacial score (nSPS) is 11.5. The molecule has 4 N–H and O–H groups in total. The molecule has 0 spiro atoms. The summed E-state index contributed by atoms with van der Waals surface area (Å²) < 4.78 is 31.6. The van der Waals surface area contributed by atoms with E-state index < -0.39 is 15.9 Å². The molecular weight excluding hydrogens is 382 g/mol. The number of para-hydroxylation sites is 1. The molecular formula is C18H21N5O4S. The number of hydrogen-bond donors (Lipinski definition) is 4. The number of rotatable bonds is 8. The van der Waals surface area contributed by atoms with Gasteiger partial charge >= 0.3 is 0 Å². The second-order valence-electron chi connectivity index (χ2n) is 6.05. The smallest absolute Gasteiger partial charge is 0.272 e. The molecule has 28 heavy (non-hydrogen) atoms. The van der Waals surface area contributed by atoms with Crippen LogP contribution in [-0.4, -0.2) is 49.5 Å². The summed E-state index contributed by atoms with van der Waals surface area (Å²) in [4.78, 5) is 22.7. The van der Waals surface area contributed by atoms with Crippen molar-refractivity contribution in [2.24, 2.45) is 0 Å². The second-order valence-corrected chi connectivity index (χ2v) is 7.82. The SMILES string of the molecule is COCCNS(=O)(=O)c1c[nH]c(C(=O)Nc2ccccc2-c2ncc(C)[nH]2)c1. The topological polar surface area (TPSA) is 129 Å². The largest absolute Gasteiger partial charge is 0.383 e. The molecule has 0 atom stereocenters. The van der Waals surface area contributed by atoms with Crippen LogP contribution in [0.1, 0.15) is 16.2 Å². The number of nitrogens with zero attached hydrogens (tertiary/aromatic N) is 1. The Kier molecular flexibility index (Phi) is 5.93. The molecule has 1 amide bonds. The Balaban J connectivity index is 1.77. The van der Waals surface area contributed by atoms with Gasteiger partial charge in [0.25, 0.3) is 5.91 Å². The number of ether oxygens (including phenoxy) is 1. The average molecular weight is 403 g/mol. The van der Waals surface area contributed by atoms with Gasteiger partial charge < -0.3 is 20.0 Å². The van der Waals surface area contributed by atoms with Gasteiger partial charge in [0.2, 0.25) is 10.0 Å². The molecule has 3 rings (SSSR count). The number of sulfonamides is 1. The van der Waals surface area contributed by atoms with Gasteiger partial charge in [-0.05, 0) is 25.1 Å². The standard InChI is InChI=1S/C18H21N5O4S/c1-12-10-20-17(22-12)14-5-3-4-6-15(14)23-18(24)16-9-13(11-19-16)28(25,26)21-7-8-27-2/h3-6,9-11,19,21H,7-8H2,1-2H3,(H,20,22)(H,23,24). The van der Waals surface area contributed by atoms with E-state index in [0.717, 1.165) is 11.3 Å². The maximum absolute atomic E-state index is 12.6. The first-order chi connectivity index (χ1) is 13.4. The highest BCUT2D eigenvalue weighted by Crippen LogP contribution is 2.26. The van der Waals surface area contributed by atoms with Crippen LogP contribution in [0.25, 0.3) is 11.4 Å². The molecule has 148 valence electrons. The Morgan fingerprint density at radius 3 is 2.79 bits per heavy atom. The van der Waals surface area contributed by atoms with Crippen molar-refractivity contribution in [1.82, 2.24) is 19.7 Å². The first kappa shape index (κ1) is 19.8. The predicted molar refractivity (Wildman–Crippen MR) is 105 cm³/mol. The number of carbonyl (C=O) groups is 1. The number of carbonyl (C=O) groups excluding carboxylic acids is 1. The lowest BCUT2D eigenvalue weighted by atomic mass is 10.1. The number of imidazole rings is 1. The van der Waals surface area contributed by atoms with Crippen molar-refractivity contribution in [2.45, 2.75) is 11.8 Å². The fourth-order valence-electron chi connectivity index (χ4n) is 2.56. The predicted octanol–water partition coefficient (Wildman–Crippen LogP) is 1.89. The maximum Gasteiger partial charge on any atom is 0.272 e. The lowest BCUT2D eigenvalue weighted by Gasteiger charge is -2.08. The Morgan fingerprint density at radius 2 is 2.07 bits per heavy atom. The lowest BCUT2D eigenvalue weighted by molar-refractivity contribution is 0.102. The number of aromatic nitrogens is 3. The number of aromatic amines is 2. The van der Waals surface area contributed by atoms with Crippen molar-refractivity contribution < 1.29 is 17.9 Å². The molecule has 0 bridgehead atoms. The highest BCUT2D eigenvalue weighted by molar-refractivity contribution is 7.89. The summed E-state index contributed by atoms with van der Waals surface area (Å²) in [6, 6.07) is 8.49. The summed E-state index contributed by atoms with van der Waals surface area (Å²) in [5.74, 6) is 0.166. The Morgan fingerprint density at radius 1 is 1.29 bits per heavy atom. The second kappa shape index (κ2) is 8.38. The molecule has 0 unspecified atom stereocenters. The van der Waals surface area contributed by atoms with Crippen molar-refractivity contribution in [3.05, 3.63) is 54.1 Å². The highest BCUT2D eigenvalue weighted by atomic mass is 32.2. The zero-order valence-corrected chi connectivity index (χ0v) is 16.3. The molecule has 2 heterocycles. The van der Waals surface area contributed by atoms with Gasteiger partial charge in [-0.15, -0.1) is 0 Å². The van der Waals surface area contributed by atoms with Crippen LogP contribution in [0.15, 0.2) is 47.6 Å². The van der Waals surface area contributed by atoms with Crippen LogP contribution >= 0.6 is 0 Å². The third kappa shape index (κ3) is 4.47.